The second kappa shape index (κ2) is 5.94. The molecule has 0 aliphatic rings. The Hall–Kier alpha value is -2.12. The number of furan rings is 1. The molecule has 0 bridgehead atoms. The van der Waals surface area contributed by atoms with Crippen molar-refractivity contribution in [2.75, 3.05) is 0 Å². The van der Waals surface area contributed by atoms with E-state index >= 15 is 0 Å². The lowest BCUT2D eigenvalue weighted by Gasteiger charge is -2.14. The van der Waals surface area contributed by atoms with Crippen LogP contribution in [0.15, 0.2) is 39.6 Å². The van der Waals surface area contributed by atoms with Crippen LogP contribution in [0.2, 0.25) is 0 Å². The Kier molecular flexibility index (Phi) is 4.39. The molecule has 1 aromatic heterocycles. The normalized spacial score (nSPS) is 12.9. The minimum atomic E-state index is -3.77. The van der Waals surface area contributed by atoms with Crippen LogP contribution < -0.4 is 10.5 Å². The molecule has 1 heterocycles. The summed E-state index contributed by atoms with van der Waals surface area (Å²) in [7, 11) is -3.77. The number of primary sulfonamides is 1. The fourth-order valence-electron chi connectivity index (χ4n) is 2.17. The molecule has 2 rings (SSSR count). The molecule has 3 N–H and O–H groups in total. The van der Waals surface area contributed by atoms with Crippen LogP contribution in [0.25, 0.3) is 0 Å². The minimum Gasteiger partial charge on any atom is -0.466 e. The van der Waals surface area contributed by atoms with Crippen LogP contribution in [-0.2, 0) is 10.0 Å². The van der Waals surface area contributed by atoms with Crippen molar-refractivity contribution in [2.24, 2.45) is 5.14 Å². The van der Waals surface area contributed by atoms with Gasteiger partial charge in [0.2, 0.25) is 10.0 Å². The molecule has 22 heavy (non-hydrogen) atoms. The highest BCUT2D eigenvalue weighted by Crippen LogP contribution is 2.19. The summed E-state index contributed by atoms with van der Waals surface area (Å²) in [6.45, 7) is 5.25. The largest absolute Gasteiger partial charge is 0.466 e. The van der Waals surface area contributed by atoms with E-state index in [0.717, 1.165) is 0 Å². The first-order valence-electron chi connectivity index (χ1n) is 6.69. The second-order valence-corrected chi connectivity index (χ2v) is 6.70. The van der Waals surface area contributed by atoms with Crippen LogP contribution in [-0.4, -0.2) is 14.3 Å². The van der Waals surface area contributed by atoms with Gasteiger partial charge in [-0.1, -0.05) is 12.1 Å². The van der Waals surface area contributed by atoms with Gasteiger partial charge >= 0.3 is 0 Å². The third-order valence-corrected chi connectivity index (χ3v) is 4.23. The molecule has 118 valence electrons. The van der Waals surface area contributed by atoms with Gasteiger partial charge in [0.1, 0.15) is 11.5 Å². The molecule has 1 atom stereocenters. The number of rotatable bonds is 4. The van der Waals surface area contributed by atoms with E-state index in [1.54, 1.807) is 39.0 Å². The minimum absolute atomic E-state index is 0.0152. The van der Waals surface area contributed by atoms with Gasteiger partial charge in [0, 0.05) is 0 Å². The molecule has 6 nitrogen and oxygen atoms in total. The van der Waals surface area contributed by atoms with Crippen molar-refractivity contribution >= 4 is 15.9 Å². The summed E-state index contributed by atoms with van der Waals surface area (Å²) in [5.41, 5.74) is 1.12. The molecule has 0 saturated heterocycles. The predicted octanol–water partition coefficient (Wildman–Crippen LogP) is 2.03. The molecule has 1 amide bonds. The maximum atomic E-state index is 12.2. The van der Waals surface area contributed by atoms with Crippen LogP contribution >= 0.6 is 0 Å². The monoisotopic (exact) mass is 322 g/mol. The number of benzene rings is 1. The lowest BCUT2D eigenvalue weighted by molar-refractivity contribution is 0.0938. The average Bonchev–Trinajstić information content (AvgIpc) is 2.77. The van der Waals surface area contributed by atoms with E-state index in [2.05, 4.69) is 5.32 Å². The summed E-state index contributed by atoms with van der Waals surface area (Å²) in [6.07, 6.45) is 0. The number of amides is 1. The van der Waals surface area contributed by atoms with Crippen molar-refractivity contribution < 1.29 is 17.6 Å². The molecule has 0 spiro atoms. The van der Waals surface area contributed by atoms with Crippen molar-refractivity contribution in [3.05, 3.63) is 53.0 Å². The lowest BCUT2D eigenvalue weighted by Crippen LogP contribution is -2.27. The first-order chi connectivity index (χ1) is 10.2. The van der Waals surface area contributed by atoms with E-state index in [1.165, 1.54) is 12.1 Å². The van der Waals surface area contributed by atoms with Crippen molar-refractivity contribution in [1.82, 2.24) is 5.32 Å². The highest BCUT2D eigenvalue weighted by Gasteiger charge is 2.17. The van der Waals surface area contributed by atoms with Crippen LogP contribution in [0.5, 0.6) is 0 Å². The van der Waals surface area contributed by atoms with Gasteiger partial charge in [-0.2, -0.15) is 0 Å². The van der Waals surface area contributed by atoms with Crippen molar-refractivity contribution in [2.45, 2.75) is 31.7 Å². The summed E-state index contributed by atoms with van der Waals surface area (Å²) in [6, 6.07) is 7.48. The average molecular weight is 322 g/mol. The number of nitrogens with one attached hydrogen (secondary N) is 1. The molecule has 2 aromatic rings. The van der Waals surface area contributed by atoms with Gasteiger partial charge in [0.15, 0.2) is 0 Å². The van der Waals surface area contributed by atoms with E-state index in [1.807, 2.05) is 0 Å². The fourth-order valence-corrected chi connectivity index (χ4v) is 2.74. The highest BCUT2D eigenvalue weighted by molar-refractivity contribution is 7.89. The predicted molar refractivity (Wildman–Crippen MR) is 81.9 cm³/mol. The molecule has 0 radical (unpaired) electrons. The quantitative estimate of drug-likeness (QED) is 0.899. The number of carbonyl (C=O) groups excluding carboxylic acids is 1. The first kappa shape index (κ1) is 16.3. The Morgan fingerprint density at radius 2 is 1.95 bits per heavy atom. The van der Waals surface area contributed by atoms with Crippen LogP contribution in [0.1, 0.15) is 40.4 Å². The summed E-state index contributed by atoms with van der Waals surface area (Å²) in [5.74, 6) is 0.926. The molecule has 7 heteroatoms. The zero-order chi connectivity index (χ0) is 16.5. The Morgan fingerprint density at radius 3 is 2.50 bits per heavy atom. The number of carbonyl (C=O) groups is 1. The number of nitrogens with two attached hydrogens (primary N) is 1. The summed E-state index contributed by atoms with van der Waals surface area (Å²) in [5, 5.41) is 7.92. The highest BCUT2D eigenvalue weighted by atomic mass is 32.2. The van der Waals surface area contributed by atoms with Gasteiger partial charge < -0.3 is 9.73 Å². The molecule has 0 aliphatic carbocycles. The summed E-state index contributed by atoms with van der Waals surface area (Å²) < 4.78 is 28.1. The maximum Gasteiger partial charge on any atom is 0.255 e. The topological polar surface area (TPSA) is 102 Å². The lowest BCUT2D eigenvalue weighted by atomic mass is 10.1. The maximum absolute atomic E-state index is 12.2. The number of aryl methyl sites for hydroxylation is 2. The fraction of sp³-hybridized carbons (Fsp3) is 0.267. The number of hydrogen-bond acceptors (Lipinski definition) is 4. The van der Waals surface area contributed by atoms with Crippen LogP contribution in [0.3, 0.4) is 0 Å². The molecular weight excluding hydrogens is 304 g/mol. The SMILES string of the molecule is Cc1cc(C(=O)NC(C)c2cccc(S(N)(=O)=O)c2)c(C)o1. The van der Waals surface area contributed by atoms with E-state index in [9.17, 15) is 13.2 Å². The third-order valence-electron chi connectivity index (χ3n) is 3.32. The van der Waals surface area contributed by atoms with E-state index in [-0.39, 0.29) is 16.8 Å². The first-order valence-corrected chi connectivity index (χ1v) is 8.24. The summed E-state index contributed by atoms with van der Waals surface area (Å²) >= 11 is 0. The summed E-state index contributed by atoms with van der Waals surface area (Å²) in [4.78, 5) is 12.2. The van der Waals surface area contributed by atoms with Gasteiger partial charge in [-0.15, -0.1) is 0 Å². The van der Waals surface area contributed by atoms with Crippen LogP contribution in [0.4, 0.5) is 0 Å². The zero-order valence-corrected chi connectivity index (χ0v) is 13.4. The zero-order valence-electron chi connectivity index (χ0n) is 12.6. The van der Waals surface area contributed by atoms with Gasteiger partial charge in [-0.3, -0.25) is 4.79 Å². The molecule has 1 aromatic carbocycles. The number of sulfonamides is 1. The Morgan fingerprint density at radius 1 is 1.27 bits per heavy atom. The second-order valence-electron chi connectivity index (χ2n) is 5.14. The molecular formula is C15H18N2O4S. The van der Waals surface area contributed by atoms with E-state index in [0.29, 0.717) is 22.6 Å². The van der Waals surface area contributed by atoms with Gasteiger partial charge in [0.25, 0.3) is 5.91 Å². The molecule has 1 unspecified atom stereocenters. The van der Waals surface area contributed by atoms with Crippen molar-refractivity contribution in [3.63, 3.8) is 0 Å². The Labute approximate surface area is 129 Å². The third kappa shape index (κ3) is 3.55. The smallest absolute Gasteiger partial charge is 0.255 e. The van der Waals surface area contributed by atoms with Crippen molar-refractivity contribution in [1.29, 1.82) is 0 Å². The molecule has 0 saturated carbocycles. The molecule has 0 fully saturated rings. The molecule has 0 aliphatic heterocycles. The van der Waals surface area contributed by atoms with Gasteiger partial charge in [0.05, 0.1) is 16.5 Å². The van der Waals surface area contributed by atoms with E-state index < -0.39 is 10.0 Å². The Balaban J connectivity index is 2.21. The van der Waals surface area contributed by atoms with Gasteiger partial charge in [-0.05, 0) is 44.5 Å². The van der Waals surface area contributed by atoms with Crippen molar-refractivity contribution in [3.8, 4) is 0 Å². The van der Waals surface area contributed by atoms with Gasteiger partial charge in [-0.25, -0.2) is 13.6 Å². The Bertz CT molecular complexity index is 809. The standard InChI is InChI=1S/C15H18N2O4S/c1-9-7-14(11(3)21-9)15(18)17-10(2)12-5-4-6-13(8-12)22(16,19)20/h4-8,10H,1-3H3,(H,17,18)(H2,16,19,20). The van der Waals surface area contributed by atoms with E-state index in [4.69, 9.17) is 9.56 Å². The van der Waals surface area contributed by atoms with Crippen LogP contribution in [0, 0.1) is 13.8 Å². The number of hydrogen-bond donors (Lipinski definition) is 2.